The van der Waals surface area contributed by atoms with E-state index in [2.05, 4.69) is 0 Å². The summed E-state index contributed by atoms with van der Waals surface area (Å²) in [7, 11) is 0. The first-order valence-corrected chi connectivity index (χ1v) is 4.65. The van der Waals surface area contributed by atoms with Crippen molar-refractivity contribution < 1.29 is 15.0 Å². The minimum atomic E-state index is -1.07. The van der Waals surface area contributed by atoms with E-state index >= 15 is 0 Å². The second-order valence-electron chi connectivity index (χ2n) is 2.84. The molecule has 4 nitrogen and oxygen atoms in total. The van der Waals surface area contributed by atoms with Crippen LogP contribution in [0.5, 0.6) is 5.06 Å². The Morgan fingerprint density at radius 3 is 2.79 bits per heavy atom. The molecule has 2 rings (SSSR count). The number of hydrogen-bond donors (Lipinski definition) is 3. The zero-order valence-electron chi connectivity index (χ0n) is 7.02. The standard InChI is InChI=1S/C9H7NO3S/c10-5-2-1-4-3-6(11)14-8(4)7(5)9(12)13/h1-3,11H,10H2,(H,12,13). The Labute approximate surface area is 83.2 Å². The Morgan fingerprint density at radius 1 is 1.43 bits per heavy atom. The molecular weight excluding hydrogens is 202 g/mol. The summed E-state index contributed by atoms with van der Waals surface area (Å²) in [5, 5.41) is 18.9. The molecule has 1 aromatic heterocycles. The number of fused-ring (bicyclic) bond motifs is 1. The van der Waals surface area contributed by atoms with Crippen molar-refractivity contribution in [2.75, 3.05) is 5.73 Å². The molecule has 2 aromatic rings. The van der Waals surface area contributed by atoms with Crippen molar-refractivity contribution in [2.24, 2.45) is 0 Å². The fourth-order valence-corrected chi connectivity index (χ4v) is 2.27. The molecule has 0 bridgehead atoms. The second kappa shape index (κ2) is 2.88. The predicted molar refractivity (Wildman–Crippen MR) is 54.9 cm³/mol. The zero-order chi connectivity index (χ0) is 10.3. The number of benzene rings is 1. The van der Waals surface area contributed by atoms with E-state index in [1.807, 2.05) is 0 Å². The van der Waals surface area contributed by atoms with Gasteiger partial charge in [0.2, 0.25) is 0 Å². The number of nitrogen functional groups attached to an aromatic ring is 1. The first-order valence-electron chi connectivity index (χ1n) is 3.84. The van der Waals surface area contributed by atoms with Crippen LogP contribution >= 0.6 is 11.3 Å². The van der Waals surface area contributed by atoms with Gasteiger partial charge in [0, 0.05) is 5.69 Å². The first kappa shape index (κ1) is 8.83. The van der Waals surface area contributed by atoms with Crippen LogP contribution in [-0.4, -0.2) is 16.2 Å². The topological polar surface area (TPSA) is 83.5 Å². The van der Waals surface area contributed by atoms with E-state index in [1.165, 1.54) is 12.1 Å². The lowest BCUT2D eigenvalue weighted by Gasteiger charge is -2.00. The van der Waals surface area contributed by atoms with Gasteiger partial charge in [0.05, 0.1) is 4.70 Å². The summed E-state index contributed by atoms with van der Waals surface area (Å²) in [6.45, 7) is 0. The molecule has 14 heavy (non-hydrogen) atoms. The van der Waals surface area contributed by atoms with Crippen LogP contribution in [0, 0.1) is 0 Å². The van der Waals surface area contributed by atoms with Gasteiger partial charge in [-0.1, -0.05) is 17.4 Å². The summed E-state index contributed by atoms with van der Waals surface area (Å²) in [6.07, 6.45) is 0. The molecule has 0 fully saturated rings. The molecule has 0 aliphatic carbocycles. The number of rotatable bonds is 1. The summed E-state index contributed by atoms with van der Waals surface area (Å²) in [5.74, 6) is -1.07. The molecule has 0 aliphatic rings. The van der Waals surface area contributed by atoms with E-state index in [0.29, 0.717) is 10.1 Å². The summed E-state index contributed by atoms with van der Waals surface area (Å²) < 4.78 is 0.509. The van der Waals surface area contributed by atoms with Gasteiger partial charge in [-0.3, -0.25) is 0 Å². The zero-order valence-corrected chi connectivity index (χ0v) is 7.84. The van der Waals surface area contributed by atoms with Crippen molar-refractivity contribution >= 4 is 33.1 Å². The largest absolute Gasteiger partial charge is 0.499 e. The van der Waals surface area contributed by atoms with E-state index in [-0.39, 0.29) is 16.3 Å². The molecule has 1 aromatic carbocycles. The van der Waals surface area contributed by atoms with Crippen molar-refractivity contribution in [2.45, 2.75) is 0 Å². The Bertz CT molecular complexity index is 518. The number of carboxylic acids is 1. The van der Waals surface area contributed by atoms with Gasteiger partial charge in [-0.15, -0.1) is 0 Å². The molecular formula is C9H7NO3S. The molecule has 0 radical (unpaired) electrons. The molecule has 5 heteroatoms. The fourth-order valence-electron chi connectivity index (χ4n) is 1.33. The van der Waals surface area contributed by atoms with Gasteiger partial charge in [-0.25, -0.2) is 4.79 Å². The van der Waals surface area contributed by atoms with Crippen LogP contribution in [0.4, 0.5) is 5.69 Å². The number of carbonyl (C=O) groups is 1. The number of nitrogens with two attached hydrogens (primary N) is 1. The molecule has 0 amide bonds. The van der Waals surface area contributed by atoms with Gasteiger partial charge < -0.3 is 15.9 Å². The molecule has 1 heterocycles. The monoisotopic (exact) mass is 209 g/mol. The minimum absolute atomic E-state index is 0.0628. The predicted octanol–water partition coefficient (Wildman–Crippen LogP) is 1.89. The number of carboxylic acid groups (broad SMARTS) is 1. The van der Waals surface area contributed by atoms with Gasteiger partial charge in [0.15, 0.2) is 5.06 Å². The number of anilines is 1. The van der Waals surface area contributed by atoms with E-state index in [1.54, 1.807) is 6.07 Å². The highest BCUT2D eigenvalue weighted by atomic mass is 32.1. The minimum Gasteiger partial charge on any atom is -0.499 e. The lowest BCUT2D eigenvalue weighted by Crippen LogP contribution is -2.01. The summed E-state index contributed by atoms with van der Waals surface area (Å²) >= 11 is 1.02. The Morgan fingerprint density at radius 2 is 2.14 bits per heavy atom. The third-order valence-electron chi connectivity index (χ3n) is 1.92. The average Bonchev–Trinajstić information content (AvgIpc) is 2.43. The van der Waals surface area contributed by atoms with Crippen LogP contribution in [0.3, 0.4) is 0 Å². The highest BCUT2D eigenvalue weighted by Gasteiger charge is 2.14. The van der Waals surface area contributed by atoms with E-state index in [9.17, 15) is 9.90 Å². The first-order chi connectivity index (χ1) is 6.59. The molecule has 0 unspecified atom stereocenters. The summed E-state index contributed by atoms with van der Waals surface area (Å²) in [5.41, 5.74) is 5.82. The lowest BCUT2D eigenvalue weighted by atomic mass is 10.1. The van der Waals surface area contributed by atoms with Crippen LogP contribution in [-0.2, 0) is 0 Å². The highest BCUT2D eigenvalue weighted by Crippen LogP contribution is 2.35. The Balaban J connectivity index is 2.88. The maximum Gasteiger partial charge on any atom is 0.339 e. The van der Waals surface area contributed by atoms with Crippen molar-refractivity contribution in [1.29, 1.82) is 0 Å². The second-order valence-corrected chi connectivity index (χ2v) is 3.87. The molecule has 4 N–H and O–H groups in total. The molecule has 72 valence electrons. The molecule has 0 atom stereocenters. The van der Waals surface area contributed by atoms with Gasteiger partial charge in [-0.2, -0.15) is 0 Å². The lowest BCUT2D eigenvalue weighted by molar-refractivity contribution is 0.0700. The van der Waals surface area contributed by atoms with E-state index in [4.69, 9.17) is 10.8 Å². The third-order valence-corrected chi connectivity index (χ3v) is 2.89. The molecule has 0 saturated heterocycles. The van der Waals surface area contributed by atoms with Crippen LogP contribution in [0.15, 0.2) is 18.2 Å². The maximum atomic E-state index is 10.9. The van der Waals surface area contributed by atoms with Crippen molar-refractivity contribution in [1.82, 2.24) is 0 Å². The van der Waals surface area contributed by atoms with Gasteiger partial charge in [-0.05, 0) is 17.5 Å². The molecule has 0 saturated carbocycles. The summed E-state index contributed by atoms with van der Waals surface area (Å²) in [4.78, 5) is 10.9. The average molecular weight is 209 g/mol. The number of thiophene rings is 1. The van der Waals surface area contributed by atoms with Crippen LogP contribution in [0.2, 0.25) is 0 Å². The summed E-state index contributed by atoms with van der Waals surface area (Å²) in [6, 6.07) is 4.73. The Kier molecular flexibility index (Phi) is 1.82. The quantitative estimate of drug-likeness (QED) is 0.626. The van der Waals surface area contributed by atoms with Crippen LogP contribution < -0.4 is 5.73 Å². The third kappa shape index (κ3) is 1.18. The smallest absolute Gasteiger partial charge is 0.339 e. The van der Waals surface area contributed by atoms with Crippen LogP contribution in [0.1, 0.15) is 10.4 Å². The fraction of sp³-hybridized carbons (Fsp3) is 0. The van der Waals surface area contributed by atoms with E-state index < -0.39 is 5.97 Å². The van der Waals surface area contributed by atoms with E-state index in [0.717, 1.165) is 11.3 Å². The number of aromatic carboxylic acids is 1. The van der Waals surface area contributed by atoms with Crippen molar-refractivity contribution in [3.63, 3.8) is 0 Å². The Hall–Kier alpha value is -1.75. The molecule has 0 spiro atoms. The van der Waals surface area contributed by atoms with Gasteiger partial charge >= 0.3 is 5.97 Å². The van der Waals surface area contributed by atoms with Crippen molar-refractivity contribution in [3.8, 4) is 5.06 Å². The SMILES string of the molecule is Nc1ccc2cc(O)sc2c1C(=O)O. The normalized spacial score (nSPS) is 10.6. The van der Waals surface area contributed by atoms with Gasteiger partial charge in [0.1, 0.15) is 5.56 Å². The number of aromatic hydroxyl groups is 1. The molecule has 0 aliphatic heterocycles. The highest BCUT2D eigenvalue weighted by molar-refractivity contribution is 7.21. The van der Waals surface area contributed by atoms with Crippen molar-refractivity contribution in [3.05, 3.63) is 23.8 Å². The maximum absolute atomic E-state index is 10.9. The van der Waals surface area contributed by atoms with Crippen LogP contribution in [0.25, 0.3) is 10.1 Å². The van der Waals surface area contributed by atoms with Gasteiger partial charge in [0.25, 0.3) is 0 Å². The number of hydrogen-bond acceptors (Lipinski definition) is 4.